The molecule has 0 aliphatic heterocycles. The van der Waals surface area contributed by atoms with Crippen LogP contribution < -0.4 is 5.32 Å². The van der Waals surface area contributed by atoms with Crippen LogP contribution in [0, 0.1) is 0 Å². The molecule has 1 N–H and O–H groups in total. The third kappa shape index (κ3) is 5.75. The lowest BCUT2D eigenvalue weighted by Gasteiger charge is -2.13. The number of halogens is 4. The van der Waals surface area contributed by atoms with E-state index in [9.17, 15) is 13.2 Å². The van der Waals surface area contributed by atoms with Gasteiger partial charge in [-0.05, 0) is 22.0 Å². The van der Waals surface area contributed by atoms with Crippen LogP contribution in [0.5, 0.6) is 0 Å². The van der Waals surface area contributed by atoms with Crippen molar-refractivity contribution in [1.82, 2.24) is 4.98 Å². The Labute approximate surface area is 117 Å². The summed E-state index contributed by atoms with van der Waals surface area (Å²) >= 11 is 2.97. The number of anilines is 1. The van der Waals surface area contributed by atoms with Crippen molar-refractivity contribution in [2.75, 3.05) is 38.8 Å². The lowest BCUT2D eigenvalue weighted by Crippen LogP contribution is -2.16. The molecule has 0 aliphatic rings. The van der Waals surface area contributed by atoms with E-state index in [0.717, 1.165) is 6.07 Å². The molecule has 0 amide bonds. The number of nitrogens with zero attached hydrogens (tertiary/aromatic N) is 1. The van der Waals surface area contributed by atoms with Crippen molar-refractivity contribution in [3.63, 3.8) is 0 Å². The van der Waals surface area contributed by atoms with Gasteiger partial charge in [0.15, 0.2) is 0 Å². The van der Waals surface area contributed by atoms with Gasteiger partial charge in [-0.2, -0.15) is 13.2 Å². The summed E-state index contributed by atoms with van der Waals surface area (Å²) in [6, 6.07) is 0.987. The smallest absolute Gasteiger partial charge is 0.382 e. The summed E-state index contributed by atoms with van der Waals surface area (Å²) in [5.74, 6) is -0.203. The first-order valence-corrected chi connectivity index (χ1v) is 6.27. The number of aromatic nitrogens is 1. The summed E-state index contributed by atoms with van der Waals surface area (Å²) in [6.45, 7) is 1.36. The van der Waals surface area contributed by atoms with Crippen molar-refractivity contribution in [1.29, 1.82) is 0 Å². The van der Waals surface area contributed by atoms with Gasteiger partial charge in [0, 0.05) is 24.3 Å². The molecule has 0 aliphatic carbocycles. The summed E-state index contributed by atoms with van der Waals surface area (Å²) in [7, 11) is 1.54. The van der Waals surface area contributed by atoms with Crippen molar-refractivity contribution >= 4 is 21.7 Å². The van der Waals surface area contributed by atoms with E-state index >= 15 is 0 Å². The second-order valence-electron chi connectivity index (χ2n) is 3.58. The average molecular weight is 343 g/mol. The first kappa shape index (κ1) is 16.2. The summed E-state index contributed by atoms with van der Waals surface area (Å²) in [5.41, 5.74) is -0.807. The van der Waals surface area contributed by atoms with Gasteiger partial charge in [-0.15, -0.1) is 0 Å². The van der Waals surface area contributed by atoms with Crippen molar-refractivity contribution in [3.05, 3.63) is 22.3 Å². The fraction of sp³-hybridized carbons (Fsp3) is 0.545. The van der Waals surface area contributed by atoms with Gasteiger partial charge in [0.2, 0.25) is 0 Å². The minimum atomic E-state index is -4.45. The van der Waals surface area contributed by atoms with E-state index in [-0.39, 0.29) is 23.4 Å². The highest BCUT2D eigenvalue weighted by molar-refractivity contribution is 9.10. The number of rotatable bonds is 7. The monoisotopic (exact) mass is 342 g/mol. The fourth-order valence-corrected chi connectivity index (χ4v) is 1.61. The Morgan fingerprint density at radius 3 is 2.68 bits per heavy atom. The zero-order chi connectivity index (χ0) is 14.3. The zero-order valence-corrected chi connectivity index (χ0v) is 11.8. The molecule has 4 nitrogen and oxygen atoms in total. The summed E-state index contributed by atoms with van der Waals surface area (Å²) in [4.78, 5) is 3.72. The van der Waals surface area contributed by atoms with Gasteiger partial charge in [-0.1, -0.05) is 0 Å². The van der Waals surface area contributed by atoms with Crippen molar-refractivity contribution < 1.29 is 22.6 Å². The van der Waals surface area contributed by atoms with E-state index in [1.165, 1.54) is 6.20 Å². The van der Waals surface area contributed by atoms with E-state index in [1.807, 2.05) is 0 Å². The lowest BCUT2D eigenvalue weighted by atomic mass is 10.2. The molecule has 0 saturated carbocycles. The van der Waals surface area contributed by atoms with Gasteiger partial charge >= 0.3 is 6.18 Å². The largest absolute Gasteiger partial charge is 0.419 e. The molecule has 0 aromatic carbocycles. The topological polar surface area (TPSA) is 43.4 Å². The predicted molar refractivity (Wildman–Crippen MR) is 68.1 cm³/mol. The number of hydrogen-bond acceptors (Lipinski definition) is 4. The van der Waals surface area contributed by atoms with Gasteiger partial charge in [0.05, 0.1) is 25.4 Å². The highest BCUT2D eigenvalue weighted by atomic mass is 79.9. The summed E-state index contributed by atoms with van der Waals surface area (Å²) in [5, 5.41) is 2.61. The van der Waals surface area contributed by atoms with E-state index in [4.69, 9.17) is 9.47 Å². The van der Waals surface area contributed by atoms with Crippen LogP contribution in [0.4, 0.5) is 19.0 Å². The molecule has 1 heterocycles. The molecule has 0 atom stereocenters. The molecule has 19 heavy (non-hydrogen) atoms. The molecule has 1 rings (SSSR count). The van der Waals surface area contributed by atoms with Crippen LogP contribution in [0.15, 0.2) is 16.7 Å². The highest BCUT2D eigenvalue weighted by Crippen LogP contribution is 2.35. The molecule has 8 heteroatoms. The normalized spacial score (nSPS) is 11.6. The summed E-state index contributed by atoms with van der Waals surface area (Å²) < 4.78 is 48.5. The molecular weight excluding hydrogens is 329 g/mol. The quantitative estimate of drug-likeness (QED) is 0.773. The molecule has 1 aromatic rings. The number of hydrogen-bond donors (Lipinski definition) is 1. The minimum absolute atomic E-state index is 0.203. The van der Waals surface area contributed by atoms with Crippen LogP contribution in [-0.4, -0.2) is 38.5 Å². The van der Waals surface area contributed by atoms with Crippen molar-refractivity contribution in [2.24, 2.45) is 0 Å². The Bertz CT molecular complexity index is 402. The second kappa shape index (κ2) is 7.66. The van der Waals surface area contributed by atoms with Crippen LogP contribution in [-0.2, 0) is 15.7 Å². The van der Waals surface area contributed by atoms with Crippen LogP contribution >= 0.6 is 15.9 Å². The Hall–Kier alpha value is -0.860. The van der Waals surface area contributed by atoms with Crippen LogP contribution in [0.25, 0.3) is 0 Å². The average Bonchev–Trinajstić information content (AvgIpc) is 2.34. The van der Waals surface area contributed by atoms with Crippen LogP contribution in [0.1, 0.15) is 5.56 Å². The van der Waals surface area contributed by atoms with Gasteiger partial charge in [0.1, 0.15) is 5.82 Å². The Morgan fingerprint density at radius 1 is 1.32 bits per heavy atom. The molecule has 0 saturated heterocycles. The molecule has 0 fully saturated rings. The van der Waals surface area contributed by atoms with E-state index < -0.39 is 11.7 Å². The zero-order valence-electron chi connectivity index (χ0n) is 10.3. The minimum Gasteiger partial charge on any atom is -0.382 e. The van der Waals surface area contributed by atoms with Gasteiger partial charge in [0.25, 0.3) is 0 Å². The standard InChI is InChI=1S/C11H14BrF3N2O2/c1-18-4-5-19-3-2-16-10-9(11(13,14)15)6-8(12)7-17-10/h6-7H,2-5H2,1H3,(H,16,17). The maximum atomic E-state index is 12.8. The number of ether oxygens (including phenoxy) is 2. The Morgan fingerprint density at radius 2 is 2.05 bits per heavy atom. The number of methoxy groups -OCH3 is 1. The summed E-state index contributed by atoms with van der Waals surface area (Å²) in [6.07, 6.45) is -3.14. The second-order valence-corrected chi connectivity index (χ2v) is 4.50. The maximum Gasteiger partial charge on any atom is 0.419 e. The maximum absolute atomic E-state index is 12.8. The predicted octanol–water partition coefficient (Wildman–Crippen LogP) is 2.94. The fourth-order valence-electron chi connectivity index (χ4n) is 1.28. The highest BCUT2D eigenvalue weighted by Gasteiger charge is 2.34. The molecule has 0 spiro atoms. The first-order valence-electron chi connectivity index (χ1n) is 5.48. The van der Waals surface area contributed by atoms with Gasteiger partial charge < -0.3 is 14.8 Å². The third-order valence-corrected chi connectivity index (χ3v) is 2.56. The number of nitrogens with one attached hydrogen (secondary N) is 1. The number of pyridine rings is 1. The molecule has 0 bridgehead atoms. The molecule has 0 unspecified atom stereocenters. The SMILES string of the molecule is COCCOCCNc1ncc(Br)cc1C(F)(F)F. The Kier molecular flexibility index (Phi) is 6.53. The van der Waals surface area contributed by atoms with Gasteiger partial charge in [-0.3, -0.25) is 0 Å². The molecule has 1 aromatic heterocycles. The van der Waals surface area contributed by atoms with E-state index in [2.05, 4.69) is 26.2 Å². The van der Waals surface area contributed by atoms with Gasteiger partial charge in [-0.25, -0.2) is 4.98 Å². The Balaban J connectivity index is 2.54. The molecule has 108 valence electrons. The van der Waals surface area contributed by atoms with E-state index in [1.54, 1.807) is 7.11 Å². The third-order valence-electron chi connectivity index (χ3n) is 2.13. The lowest BCUT2D eigenvalue weighted by molar-refractivity contribution is -0.137. The van der Waals surface area contributed by atoms with Crippen molar-refractivity contribution in [2.45, 2.75) is 6.18 Å². The van der Waals surface area contributed by atoms with Crippen LogP contribution in [0.3, 0.4) is 0 Å². The molecular formula is C11H14BrF3N2O2. The molecule has 0 radical (unpaired) electrons. The first-order chi connectivity index (χ1) is 8.95. The van der Waals surface area contributed by atoms with Crippen LogP contribution in [0.2, 0.25) is 0 Å². The number of alkyl halides is 3. The van der Waals surface area contributed by atoms with E-state index in [0.29, 0.717) is 13.2 Å². The van der Waals surface area contributed by atoms with Crippen molar-refractivity contribution in [3.8, 4) is 0 Å².